The Kier molecular flexibility index (Phi) is 7.05. The van der Waals surface area contributed by atoms with Gasteiger partial charge in [-0.2, -0.15) is 0 Å². The van der Waals surface area contributed by atoms with Crippen LogP contribution in [-0.4, -0.2) is 30.2 Å². The van der Waals surface area contributed by atoms with Gasteiger partial charge in [-0.25, -0.2) is 4.98 Å². The molecular weight excluding hydrogens is 468 g/mol. The molecule has 0 aliphatic carbocycles. The Morgan fingerprint density at radius 3 is 2.29 bits per heavy atom. The van der Waals surface area contributed by atoms with Gasteiger partial charge in [0.05, 0.1) is 23.1 Å². The van der Waals surface area contributed by atoms with E-state index in [0.717, 1.165) is 28.2 Å². The van der Waals surface area contributed by atoms with Crippen molar-refractivity contribution in [2.75, 3.05) is 6.26 Å². The minimum Gasteiger partial charge on any atom is -0.392 e. The molecule has 0 bridgehead atoms. The van der Waals surface area contributed by atoms with Gasteiger partial charge in [0, 0.05) is 34.5 Å². The van der Waals surface area contributed by atoms with Gasteiger partial charge in [0.25, 0.3) is 0 Å². The van der Waals surface area contributed by atoms with E-state index < -0.39 is 16.4 Å². The van der Waals surface area contributed by atoms with Crippen LogP contribution in [0, 0.1) is 0 Å². The second-order valence-corrected chi connectivity index (χ2v) is 10.5. The third-order valence-corrected chi connectivity index (χ3v) is 7.11. The first-order valence-corrected chi connectivity index (χ1v) is 12.8. The van der Waals surface area contributed by atoms with E-state index in [2.05, 4.69) is 0 Å². The van der Waals surface area contributed by atoms with Gasteiger partial charge in [0.15, 0.2) is 0 Å². The molecule has 176 valence electrons. The molecule has 1 aromatic heterocycles. The fourth-order valence-electron chi connectivity index (χ4n) is 3.82. The lowest BCUT2D eigenvalue weighted by Crippen LogP contribution is -2.15. The summed E-state index contributed by atoms with van der Waals surface area (Å²) in [5.41, 5.74) is 3.92. The molecule has 3 aromatic carbocycles. The first-order valence-electron chi connectivity index (χ1n) is 10.9. The monoisotopic (exact) mass is 494 g/mol. The van der Waals surface area contributed by atoms with Gasteiger partial charge in [-0.15, -0.1) is 0 Å². The van der Waals surface area contributed by atoms with E-state index in [1.807, 2.05) is 77.5 Å². The van der Waals surface area contributed by atoms with Crippen molar-refractivity contribution in [2.24, 2.45) is 0 Å². The topological polar surface area (TPSA) is 75.4 Å². The van der Waals surface area contributed by atoms with Gasteiger partial charge < -0.3 is 14.8 Å². The Hall–Kier alpha value is -2.77. The van der Waals surface area contributed by atoms with E-state index in [9.17, 15) is 14.4 Å². The van der Waals surface area contributed by atoms with Crippen LogP contribution in [0.15, 0.2) is 77.8 Å². The maximum atomic E-state index is 12.1. The molecule has 0 spiro atoms. The highest BCUT2D eigenvalue weighted by atomic mass is 35.5. The number of benzene rings is 3. The number of aromatic nitrogens is 2. The molecule has 4 aromatic rings. The summed E-state index contributed by atoms with van der Waals surface area (Å²) in [6.07, 6.45) is 3.99. The Labute approximate surface area is 207 Å². The van der Waals surface area contributed by atoms with Crippen molar-refractivity contribution in [1.82, 2.24) is 9.55 Å². The van der Waals surface area contributed by atoms with Crippen molar-refractivity contribution in [1.29, 1.82) is 0 Å². The summed E-state index contributed by atoms with van der Waals surface area (Å²) in [4.78, 5) is 5.36. The summed E-state index contributed by atoms with van der Waals surface area (Å²) in [6.45, 7) is 3.28. The minimum atomic E-state index is -1.20. The second kappa shape index (κ2) is 9.84. The molecule has 0 saturated heterocycles. The number of aliphatic hydroxyl groups is 2. The lowest BCUT2D eigenvalue weighted by atomic mass is 10.0. The van der Waals surface area contributed by atoms with Crippen LogP contribution in [0.1, 0.15) is 36.5 Å². The molecule has 4 rings (SSSR count). The Morgan fingerprint density at radius 2 is 1.68 bits per heavy atom. The van der Waals surface area contributed by atoms with Crippen molar-refractivity contribution in [3.05, 3.63) is 101 Å². The second-order valence-electron chi connectivity index (χ2n) is 8.72. The molecule has 0 fully saturated rings. The number of halogens is 1. The van der Waals surface area contributed by atoms with Crippen molar-refractivity contribution in [2.45, 2.75) is 37.4 Å². The van der Waals surface area contributed by atoms with E-state index in [1.54, 1.807) is 20.1 Å². The van der Waals surface area contributed by atoms with Crippen LogP contribution in [0.4, 0.5) is 0 Å². The highest BCUT2D eigenvalue weighted by molar-refractivity contribution is 7.84. The Bertz CT molecular complexity index is 1340. The molecule has 1 heterocycles. The van der Waals surface area contributed by atoms with Crippen molar-refractivity contribution < 1.29 is 14.4 Å². The maximum absolute atomic E-state index is 12.1. The summed E-state index contributed by atoms with van der Waals surface area (Å²) < 4.78 is 14.1. The zero-order valence-corrected chi connectivity index (χ0v) is 20.9. The van der Waals surface area contributed by atoms with Crippen molar-refractivity contribution >= 4 is 22.4 Å². The Balaban J connectivity index is 1.72. The summed E-state index contributed by atoms with van der Waals surface area (Å²) >= 11 is 6.39. The van der Waals surface area contributed by atoms with E-state index in [-0.39, 0.29) is 6.61 Å². The first-order chi connectivity index (χ1) is 16.2. The van der Waals surface area contributed by atoms with Crippen LogP contribution in [0.5, 0.6) is 0 Å². The summed E-state index contributed by atoms with van der Waals surface area (Å²) in [5.74, 6) is 0.772. The summed E-state index contributed by atoms with van der Waals surface area (Å²) in [7, 11) is -1.20. The van der Waals surface area contributed by atoms with Gasteiger partial charge in [0.1, 0.15) is 11.4 Å². The van der Waals surface area contributed by atoms with Crippen molar-refractivity contribution in [3.63, 3.8) is 0 Å². The van der Waals surface area contributed by atoms with E-state index in [0.29, 0.717) is 27.6 Å². The molecule has 0 radical (unpaired) electrons. The van der Waals surface area contributed by atoms with E-state index in [4.69, 9.17) is 16.6 Å². The molecule has 0 amide bonds. The van der Waals surface area contributed by atoms with Gasteiger partial charge in [0.2, 0.25) is 0 Å². The fraction of sp³-hybridized carbons (Fsp3) is 0.222. The molecule has 0 saturated carbocycles. The average Bonchev–Trinajstić information content (AvgIpc) is 3.24. The predicted octanol–water partition coefficient (Wildman–Crippen LogP) is 5.24. The molecule has 5 nitrogen and oxygen atoms in total. The molecule has 2 N–H and O–H groups in total. The van der Waals surface area contributed by atoms with Crippen LogP contribution >= 0.6 is 11.6 Å². The van der Waals surface area contributed by atoms with Gasteiger partial charge >= 0.3 is 0 Å². The standard InChI is InChI=1S/C27H27ClN2O3S/c1-27(2,32)25-16-30(26(29-25)15-20-6-4-5-7-23(20)28)22-12-10-18(11-13-22)19-8-9-21(17-31)24(14-19)34(3)33/h4-14,16,31-32H,15,17H2,1-3H3. The SMILES string of the molecule is CS(=O)c1cc(-c2ccc(-n3cc(C(C)(C)O)nc3Cc3ccccc3Cl)cc2)ccc1CO. The average molecular weight is 495 g/mol. The normalized spacial score (nSPS) is 12.6. The quantitative estimate of drug-likeness (QED) is 0.368. The number of hydrogen-bond acceptors (Lipinski definition) is 4. The zero-order chi connectivity index (χ0) is 24.5. The predicted molar refractivity (Wildman–Crippen MR) is 137 cm³/mol. The van der Waals surface area contributed by atoms with Crippen LogP contribution in [0.3, 0.4) is 0 Å². The molecule has 0 aliphatic heterocycles. The number of nitrogens with zero attached hydrogens (tertiary/aromatic N) is 2. The van der Waals surface area contributed by atoms with Crippen molar-refractivity contribution in [3.8, 4) is 16.8 Å². The maximum Gasteiger partial charge on any atom is 0.118 e. The van der Waals surface area contributed by atoms with Crippen LogP contribution in [-0.2, 0) is 29.4 Å². The highest BCUT2D eigenvalue weighted by Crippen LogP contribution is 2.28. The summed E-state index contributed by atoms with van der Waals surface area (Å²) in [5, 5.41) is 20.8. The third-order valence-electron chi connectivity index (χ3n) is 5.74. The van der Waals surface area contributed by atoms with Crippen LogP contribution < -0.4 is 0 Å². The lowest BCUT2D eigenvalue weighted by molar-refractivity contribution is 0.0741. The lowest BCUT2D eigenvalue weighted by Gasteiger charge is -2.13. The van der Waals surface area contributed by atoms with E-state index in [1.165, 1.54) is 0 Å². The zero-order valence-electron chi connectivity index (χ0n) is 19.3. The number of rotatable bonds is 7. The smallest absolute Gasteiger partial charge is 0.118 e. The molecule has 1 atom stereocenters. The molecular formula is C27H27ClN2O3S. The third kappa shape index (κ3) is 5.15. The molecule has 7 heteroatoms. The molecule has 1 unspecified atom stereocenters. The Morgan fingerprint density at radius 1 is 1.00 bits per heavy atom. The number of aliphatic hydroxyl groups excluding tert-OH is 1. The van der Waals surface area contributed by atoms with Gasteiger partial charge in [-0.1, -0.05) is 54.1 Å². The molecule has 34 heavy (non-hydrogen) atoms. The number of imidazole rings is 1. The highest BCUT2D eigenvalue weighted by Gasteiger charge is 2.23. The fourth-order valence-corrected chi connectivity index (χ4v) is 4.82. The van der Waals surface area contributed by atoms with E-state index >= 15 is 0 Å². The first kappa shape index (κ1) is 24.4. The number of hydrogen-bond donors (Lipinski definition) is 2. The van der Waals surface area contributed by atoms with Crippen LogP contribution in [0.2, 0.25) is 5.02 Å². The largest absolute Gasteiger partial charge is 0.392 e. The van der Waals surface area contributed by atoms with Gasteiger partial charge in [-0.3, -0.25) is 4.21 Å². The minimum absolute atomic E-state index is 0.146. The van der Waals surface area contributed by atoms with Gasteiger partial charge in [-0.05, 0) is 60.4 Å². The van der Waals surface area contributed by atoms with Crippen LogP contribution in [0.25, 0.3) is 16.8 Å². The summed E-state index contributed by atoms with van der Waals surface area (Å²) in [6, 6.07) is 21.2. The molecule has 0 aliphatic rings.